The number of aromatic amines is 2. The largest absolute Gasteiger partial charge is 0.381 e. The molecule has 3 heterocycles. The average molecular weight is 338 g/mol. The Bertz CT molecular complexity index is 1090. The van der Waals surface area contributed by atoms with Crippen molar-refractivity contribution in [3.8, 4) is 28.7 Å². The first-order chi connectivity index (χ1) is 11.7. The van der Waals surface area contributed by atoms with Crippen molar-refractivity contribution in [1.82, 2.24) is 35.6 Å². The lowest BCUT2D eigenvalue weighted by atomic mass is 10.1. The van der Waals surface area contributed by atoms with Crippen molar-refractivity contribution in [3.05, 3.63) is 35.2 Å². The molecular weight excluding hydrogens is 330 g/mol. The van der Waals surface area contributed by atoms with Crippen molar-refractivity contribution in [2.24, 2.45) is 0 Å². The third-order valence-corrected chi connectivity index (χ3v) is 3.76. The lowest BCUT2D eigenvalue weighted by molar-refractivity contribution is 0.940. The van der Waals surface area contributed by atoms with Crippen molar-refractivity contribution in [2.45, 2.75) is 0 Å². The lowest BCUT2D eigenvalue weighted by Gasteiger charge is -2.09. The molecule has 0 aliphatic heterocycles. The number of nitriles is 1. The SMILES string of the molecule is N#Cc1nc(-c2cc(Cl)c3[nH]ncc3c2)c(-c2cn[nH]n2)nc1N. The first kappa shape index (κ1) is 14.1. The molecule has 4 aromatic rings. The number of anilines is 1. The monoisotopic (exact) mass is 337 g/mol. The van der Waals surface area contributed by atoms with Crippen LogP contribution in [0, 0.1) is 11.3 Å². The van der Waals surface area contributed by atoms with Gasteiger partial charge in [-0.15, -0.1) is 0 Å². The van der Waals surface area contributed by atoms with E-state index in [-0.39, 0.29) is 11.5 Å². The molecular formula is C14H8ClN9. The Morgan fingerprint density at radius 2 is 2.00 bits per heavy atom. The second-order valence-electron chi connectivity index (χ2n) is 4.91. The minimum absolute atomic E-state index is 0.0229. The fourth-order valence-corrected chi connectivity index (χ4v) is 2.65. The van der Waals surface area contributed by atoms with Crippen molar-refractivity contribution < 1.29 is 0 Å². The summed E-state index contributed by atoms with van der Waals surface area (Å²) >= 11 is 6.29. The highest BCUT2D eigenvalue weighted by atomic mass is 35.5. The summed E-state index contributed by atoms with van der Waals surface area (Å²) in [5.74, 6) is 0.0229. The van der Waals surface area contributed by atoms with Crippen LogP contribution in [0.4, 0.5) is 5.82 Å². The molecule has 9 nitrogen and oxygen atoms in total. The van der Waals surface area contributed by atoms with Gasteiger partial charge in [-0.3, -0.25) is 5.10 Å². The molecule has 0 aliphatic carbocycles. The Balaban J connectivity index is 2.03. The molecule has 1 aromatic carbocycles. The van der Waals surface area contributed by atoms with E-state index in [0.29, 0.717) is 33.2 Å². The zero-order valence-electron chi connectivity index (χ0n) is 11.9. The summed E-state index contributed by atoms with van der Waals surface area (Å²) in [7, 11) is 0. The van der Waals surface area contributed by atoms with Crippen LogP contribution >= 0.6 is 11.6 Å². The van der Waals surface area contributed by atoms with Gasteiger partial charge >= 0.3 is 0 Å². The van der Waals surface area contributed by atoms with Crippen LogP contribution in [0.3, 0.4) is 0 Å². The predicted molar refractivity (Wildman–Crippen MR) is 86.6 cm³/mol. The van der Waals surface area contributed by atoms with E-state index in [4.69, 9.17) is 17.3 Å². The molecule has 10 heteroatoms. The van der Waals surface area contributed by atoms with Crippen LogP contribution in [0.1, 0.15) is 5.69 Å². The van der Waals surface area contributed by atoms with Gasteiger partial charge < -0.3 is 5.73 Å². The van der Waals surface area contributed by atoms with Gasteiger partial charge in [-0.05, 0) is 12.1 Å². The van der Waals surface area contributed by atoms with Crippen molar-refractivity contribution in [1.29, 1.82) is 5.26 Å². The summed E-state index contributed by atoms with van der Waals surface area (Å²) in [4.78, 5) is 8.59. The molecule has 0 amide bonds. The Kier molecular flexibility index (Phi) is 3.11. The Morgan fingerprint density at radius 1 is 1.12 bits per heavy atom. The molecule has 0 spiro atoms. The maximum atomic E-state index is 9.20. The van der Waals surface area contributed by atoms with E-state index in [9.17, 15) is 5.26 Å². The smallest absolute Gasteiger partial charge is 0.183 e. The molecule has 0 fully saturated rings. The highest BCUT2D eigenvalue weighted by molar-refractivity contribution is 6.35. The summed E-state index contributed by atoms with van der Waals surface area (Å²) < 4.78 is 0. The highest BCUT2D eigenvalue weighted by Crippen LogP contribution is 2.33. The van der Waals surface area contributed by atoms with Gasteiger partial charge in [0.15, 0.2) is 11.5 Å². The Morgan fingerprint density at radius 3 is 2.75 bits per heavy atom. The fourth-order valence-electron chi connectivity index (χ4n) is 2.38. The van der Waals surface area contributed by atoms with Crippen molar-refractivity contribution >= 4 is 28.3 Å². The normalized spacial score (nSPS) is 10.8. The third-order valence-electron chi connectivity index (χ3n) is 3.46. The predicted octanol–water partition coefficient (Wildman–Crippen LogP) is 1.91. The van der Waals surface area contributed by atoms with Crippen molar-refractivity contribution in [2.75, 3.05) is 5.73 Å². The van der Waals surface area contributed by atoms with E-state index >= 15 is 0 Å². The standard InChI is InChI=1S/C14H8ClN9/c15-8-2-6(1-7-4-18-23-11(7)8)12-13(10-5-19-24-22-10)21-14(17)9(3-16)20-12/h1-2,4-5H,(H2,17,21)(H,18,23)(H,19,22,24). The number of aromatic nitrogens is 7. The third kappa shape index (κ3) is 2.13. The van der Waals surface area contributed by atoms with Crippen LogP contribution in [0.2, 0.25) is 5.02 Å². The van der Waals surface area contributed by atoms with E-state index in [0.717, 1.165) is 5.39 Å². The summed E-state index contributed by atoms with van der Waals surface area (Å²) in [6.07, 6.45) is 3.15. The second kappa shape index (κ2) is 5.29. The van der Waals surface area contributed by atoms with Gasteiger partial charge in [0.25, 0.3) is 0 Å². The van der Waals surface area contributed by atoms with Gasteiger partial charge in [-0.1, -0.05) is 11.6 Å². The molecule has 0 radical (unpaired) electrons. The van der Waals surface area contributed by atoms with Gasteiger partial charge in [-0.2, -0.15) is 25.8 Å². The maximum absolute atomic E-state index is 9.20. The van der Waals surface area contributed by atoms with Crippen LogP contribution < -0.4 is 5.73 Å². The molecule has 0 aliphatic rings. The summed E-state index contributed by atoms with van der Waals surface area (Å²) in [5, 5.41) is 27.6. The number of hydrogen-bond acceptors (Lipinski definition) is 7. The van der Waals surface area contributed by atoms with E-state index < -0.39 is 0 Å². The van der Waals surface area contributed by atoms with Crippen LogP contribution in [-0.2, 0) is 0 Å². The minimum atomic E-state index is 0.0229. The molecule has 24 heavy (non-hydrogen) atoms. The summed E-state index contributed by atoms with van der Waals surface area (Å²) in [5.41, 5.74) is 8.49. The number of nitrogen functional groups attached to an aromatic ring is 1. The van der Waals surface area contributed by atoms with Gasteiger partial charge in [0, 0.05) is 10.9 Å². The molecule has 0 saturated carbocycles. The number of nitrogens with zero attached hydrogens (tertiary/aromatic N) is 6. The van der Waals surface area contributed by atoms with E-state index in [1.807, 2.05) is 12.1 Å². The number of fused-ring (bicyclic) bond motifs is 1. The molecule has 3 aromatic heterocycles. The van der Waals surface area contributed by atoms with Crippen LogP contribution in [0.15, 0.2) is 24.5 Å². The first-order valence-electron chi connectivity index (χ1n) is 6.74. The highest BCUT2D eigenvalue weighted by Gasteiger charge is 2.18. The number of nitrogens with two attached hydrogens (primary N) is 1. The fraction of sp³-hybridized carbons (Fsp3) is 0. The van der Waals surface area contributed by atoms with Crippen LogP contribution in [0.5, 0.6) is 0 Å². The average Bonchev–Trinajstić information content (AvgIpc) is 3.26. The Hall–Kier alpha value is -3.51. The second-order valence-corrected chi connectivity index (χ2v) is 5.32. The number of hydrogen-bond donors (Lipinski definition) is 3. The molecule has 0 saturated heterocycles. The molecule has 0 bridgehead atoms. The van der Waals surface area contributed by atoms with Crippen LogP contribution in [0.25, 0.3) is 33.5 Å². The number of H-pyrrole nitrogens is 2. The van der Waals surface area contributed by atoms with E-state index in [1.165, 1.54) is 6.20 Å². The number of rotatable bonds is 2. The maximum Gasteiger partial charge on any atom is 0.183 e. The Labute approximate surface area is 139 Å². The van der Waals surface area contributed by atoms with Crippen molar-refractivity contribution in [3.63, 3.8) is 0 Å². The first-order valence-corrected chi connectivity index (χ1v) is 7.12. The molecule has 0 unspecified atom stereocenters. The summed E-state index contributed by atoms with van der Waals surface area (Å²) in [6.45, 7) is 0. The van der Waals surface area contributed by atoms with Gasteiger partial charge in [0.1, 0.15) is 23.2 Å². The van der Waals surface area contributed by atoms with Crippen LogP contribution in [-0.4, -0.2) is 35.6 Å². The lowest BCUT2D eigenvalue weighted by Crippen LogP contribution is -2.03. The van der Waals surface area contributed by atoms with Gasteiger partial charge in [0.05, 0.1) is 22.9 Å². The van der Waals surface area contributed by atoms with Gasteiger partial charge in [-0.25, -0.2) is 9.97 Å². The topological polar surface area (TPSA) is 146 Å². The zero-order chi connectivity index (χ0) is 16.7. The number of benzene rings is 1. The van der Waals surface area contributed by atoms with E-state index in [2.05, 4.69) is 35.6 Å². The molecule has 4 N–H and O–H groups in total. The minimum Gasteiger partial charge on any atom is -0.381 e. The number of nitrogens with one attached hydrogen (secondary N) is 2. The zero-order valence-corrected chi connectivity index (χ0v) is 12.7. The van der Waals surface area contributed by atoms with E-state index in [1.54, 1.807) is 12.3 Å². The number of halogens is 1. The molecule has 4 rings (SSSR count). The summed E-state index contributed by atoms with van der Waals surface area (Å²) in [6, 6.07) is 5.49. The molecule has 116 valence electrons. The van der Waals surface area contributed by atoms with Gasteiger partial charge in [0.2, 0.25) is 0 Å². The molecule has 0 atom stereocenters. The quantitative estimate of drug-likeness (QED) is 0.506.